The van der Waals surface area contributed by atoms with Crippen LogP contribution >= 0.6 is 11.6 Å². The van der Waals surface area contributed by atoms with Crippen molar-refractivity contribution in [3.63, 3.8) is 0 Å². The van der Waals surface area contributed by atoms with E-state index in [2.05, 4.69) is 15.5 Å². The quantitative estimate of drug-likeness (QED) is 0.521. The fourth-order valence-corrected chi connectivity index (χ4v) is 2.74. The predicted octanol–water partition coefficient (Wildman–Crippen LogP) is 1.50. The molecule has 1 aromatic heterocycles. The molecule has 0 aliphatic carbocycles. The van der Waals surface area contributed by atoms with E-state index in [1.54, 1.807) is 38.1 Å². The molecule has 9 nitrogen and oxygen atoms in total. The molecule has 2 rings (SSSR count). The molecule has 0 unspecified atom stereocenters. The molecule has 0 aliphatic heterocycles. The fourth-order valence-electron chi connectivity index (χ4n) is 2.53. The SMILES string of the molecule is CCOC(=O)c1cc(C(=O)N[C@H](Cc2ccccc2Cl)[C@@H](O)C(=O)OCC)n[nH]1. The van der Waals surface area contributed by atoms with Crippen molar-refractivity contribution in [1.29, 1.82) is 0 Å². The van der Waals surface area contributed by atoms with Crippen LogP contribution in [0.3, 0.4) is 0 Å². The Labute approximate surface area is 172 Å². The predicted molar refractivity (Wildman–Crippen MR) is 104 cm³/mol. The van der Waals surface area contributed by atoms with Crippen LogP contribution in [0.4, 0.5) is 0 Å². The first-order valence-electron chi connectivity index (χ1n) is 8.98. The summed E-state index contributed by atoms with van der Waals surface area (Å²) in [6.45, 7) is 3.50. The van der Waals surface area contributed by atoms with E-state index in [1.807, 2.05) is 0 Å². The van der Waals surface area contributed by atoms with Crippen LogP contribution in [-0.2, 0) is 20.7 Å². The molecule has 0 spiro atoms. The van der Waals surface area contributed by atoms with Crippen LogP contribution in [0.5, 0.6) is 0 Å². The summed E-state index contributed by atoms with van der Waals surface area (Å²) >= 11 is 6.16. The number of H-pyrrole nitrogens is 1. The molecule has 0 saturated carbocycles. The Balaban J connectivity index is 2.20. The third kappa shape index (κ3) is 6.03. The van der Waals surface area contributed by atoms with Crippen LogP contribution in [0.15, 0.2) is 30.3 Å². The third-order valence-corrected chi connectivity index (χ3v) is 4.30. The van der Waals surface area contributed by atoms with E-state index in [-0.39, 0.29) is 31.0 Å². The van der Waals surface area contributed by atoms with E-state index in [1.165, 1.54) is 6.07 Å². The van der Waals surface area contributed by atoms with Gasteiger partial charge < -0.3 is 19.9 Å². The zero-order chi connectivity index (χ0) is 21.4. The van der Waals surface area contributed by atoms with Gasteiger partial charge in [0.05, 0.1) is 19.3 Å². The molecule has 1 aromatic carbocycles. The van der Waals surface area contributed by atoms with Crippen LogP contribution < -0.4 is 5.32 Å². The Morgan fingerprint density at radius 1 is 1.21 bits per heavy atom. The van der Waals surface area contributed by atoms with Crippen molar-refractivity contribution < 1.29 is 29.0 Å². The van der Waals surface area contributed by atoms with Gasteiger partial charge in [0.25, 0.3) is 5.91 Å². The molecule has 29 heavy (non-hydrogen) atoms. The van der Waals surface area contributed by atoms with E-state index in [0.29, 0.717) is 10.6 Å². The van der Waals surface area contributed by atoms with Gasteiger partial charge in [0.15, 0.2) is 11.8 Å². The molecule has 10 heteroatoms. The van der Waals surface area contributed by atoms with Crippen molar-refractivity contribution in [3.05, 3.63) is 52.3 Å². The average Bonchev–Trinajstić information content (AvgIpc) is 3.19. The molecule has 156 valence electrons. The van der Waals surface area contributed by atoms with Gasteiger partial charge in [-0.05, 0) is 31.9 Å². The average molecular weight is 424 g/mol. The van der Waals surface area contributed by atoms with Gasteiger partial charge in [-0.15, -0.1) is 0 Å². The van der Waals surface area contributed by atoms with Gasteiger partial charge >= 0.3 is 11.9 Å². The Kier molecular flexibility index (Phi) is 8.17. The lowest BCUT2D eigenvalue weighted by Gasteiger charge is -2.23. The minimum absolute atomic E-state index is 0.00518. The Morgan fingerprint density at radius 3 is 2.55 bits per heavy atom. The smallest absolute Gasteiger partial charge is 0.356 e. The van der Waals surface area contributed by atoms with Crippen molar-refractivity contribution in [2.45, 2.75) is 32.4 Å². The Morgan fingerprint density at radius 2 is 1.90 bits per heavy atom. The van der Waals surface area contributed by atoms with Gasteiger partial charge in [0, 0.05) is 11.1 Å². The summed E-state index contributed by atoms with van der Waals surface area (Å²) in [5, 5.41) is 19.5. The number of nitrogens with zero attached hydrogens (tertiary/aromatic N) is 1. The van der Waals surface area contributed by atoms with Gasteiger partial charge in [-0.2, -0.15) is 5.10 Å². The first-order chi connectivity index (χ1) is 13.9. The lowest BCUT2D eigenvalue weighted by molar-refractivity contribution is -0.154. The first-order valence-corrected chi connectivity index (χ1v) is 9.36. The molecule has 0 saturated heterocycles. The molecule has 0 fully saturated rings. The number of carbonyl (C=O) groups excluding carboxylic acids is 3. The van der Waals surface area contributed by atoms with Crippen LogP contribution in [0, 0.1) is 0 Å². The van der Waals surface area contributed by atoms with E-state index in [4.69, 9.17) is 21.1 Å². The Hall–Kier alpha value is -2.91. The number of amides is 1. The molecular weight excluding hydrogens is 402 g/mol. The summed E-state index contributed by atoms with van der Waals surface area (Å²) in [4.78, 5) is 36.3. The van der Waals surface area contributed by atoms with E-state index in [0.717, 1.165) is 0 Å². The van der Waals surface area contributed by atoms with Crippen molar-refractivity contribution in [2.75, 3.05) is 13.2 Å². The van der Waals surface area contributed by atoms with Crippen molar-refractivity contribution in [1.82, 2.24) is 15.5 Å². The highest BCUT2D eigenvalue weighted by molar-refractivity contribution is 6.31. The monoisotopic (exact) mass is 423 g/mol. The third-order valence-electron chi connectivity index (χ3n) is 3.93. The molecule has 3 N–H and O–H groups in total. The highest BCUT2D eigenvalue weighted by Gasteiger charge is 2.30. The highest BCUT2D eigenvalue weighted by Crippen LogP contribution is 2.18. The molecule has 0 radical (unpaired) electrons. The Bertz CT molecular complexity index is 869. The zero-order valence-corrected chi connectivity index (χ0v) is 16.7. The largest absolute Gasteiger partial charge is 0.464 e. The summed E-state index contributed by atoms with van der Waals surface area (Å²) in [6.07, 6.45) is -1.56. The number of esters is 2. The number of hydrogen-bond donors (Lipinski definition) is 3. The number of carbonyl (C=O) groups is 3. The van der Waals surface area contributed by atoms with E-state index >= 15 is 0 Å². The van der Waals surface area contributed by atoms with E-state index < -0.39 is 30.0 Å². The summed E-state index contributed by atoms with van der Waals surface area (Å²) in [5.41, 5.74) is 0.524. The van der Waals surface area contributed by atoms with Gasteiger partial charge in [-0.25, -0.2) is 9.59 Å². The van der Waals surface area contributed by atoms with Gasteiger partial charge in [-0.3, -0.25) is 9.89 Å². The van der Waals surface area contributed by atoms with Crippen LogP contribution in [0.2, 0.25) is 5.02 Å². The molecule has 0 bridgehead atoms. The minimum Gasteiger partial charge on any atom is -0.464 e. The molecule has 1 heterocycles. The second kappa shape index (κ2) is 10.6. The van der Waals surface area contributed by atoms with Crippen LogP contribution in [-0.4, -0.2) is 58.5 Å². The standard InChI is InChI=1S/C19H22ClN3O6/c1-3-28-18(26)15-10-14(22-23-15)17(25)21-13(16(24)19(27)29-4-2)9-11-7-5-6-8-12(11)20/h5-8,10,13,16,24H,3-4,9H2,1-2H3,(H,21,25)(H,22,23)/t13-,16-/m1/s1. The summed E-state index contributed by atoms with van der Waals surface area (Å²) < 4.78 is 9.68. The lowest BCUT2D eigenvalue weighted by Crippen LogP contribution is -2.49. The number of nitrogens with one attached hydrogen (secondary N) is 2. The molecule has 2 atom stereocenters. The topological polar surface area (TPSA) is 131 Å². The summed E-state index contributed by atoms with van der Waals surface area (Å²) in [6, 6.07) is 7.04. The molecule has 0 aliphatic rings. The highest BCUT2D eigenvalue weighted by atomic mass is 35.5. The van der Waals surface area contributed by atoms with Gasteiger partial charge in [0.2, 0.25) is 0 Å². The van der Waals surface area contributed by atoms with E-state index in [9.17, 15) is 19.5 Å². The second-order valence-electron chi connectivity index (χ2n) is 5.96. The molecular formula is C19H22ClN3O6. The number of aliphatic hydroxyl groups is 1. The fraction of sp³-hybridized carbons (Fsp3) is 0.368. The number of aromatic nitrogens is 2. The van der Waals surface area contributed by atoms with Crippen LogP contribution in [0.25, 0.3) is 0 Å². The lowest BCUT2D eigenvalue weighted by atomic mass is 10.0. The second-order valence-corrected chi connectivity index (χ2v) is 6.37. The number of benzene rings is 1. The number of aromatic amines is 1. The summed E-state index contributed by atoms with van der Waals surface area (Å²) in [7, 11) is 0. The zero-order valence-electron chi connectivity index (χ0n) is 16.0. The summed E-state index contributed by atoms with van der Waals surface area (Å²) in [5.74, 6) is -2.23. The maximum atomic E-state index is 12.6. The first kappa shape index (κ1) is 22.4. The number of rotatable bonds is 9. The van der Waals surface area contributed by atoms with Crippen molar-refractivity contribution in [3.8, 4) is 0 Å². The van der Waals surface area contributed by atoms with Crippen LogP contribution in [0.1, 0.15) is 40.4 Å². The normalized spacial score (nSPS) is 12.7. The van der Waals surface area contributed by atoms with Gasteiger partial charge in [-0.1, -0.05) is 29.8 Å². The number of halogens is 1. The van der Waals surface area contributed by atoms with Crippen molar-refractivity contribution >= 4 is 29.4 Å². The number of ether oxygens (including phenoxy) is 2. The number of aliphatic hydroxyl groups excluding tert-OH is 1. The maximum Gasteiger partial charge on any atom is 0.356 e. The molecule has 1 amide bonds. The molecule has 2 aromatic rings. The maximum absolute atomic E-state index is 12.6. The minimum atomic E-state index is -1.63. The van der Waals surface area contributed by atoms with Crippen molar-refractivity contribution in [2.24, 2.45) is 0 Å². The number of hydrogen-bond acceptors (Lipinski definition) is 7. The van der Waals surface area contributed by atoms with Gasteiger partial charge in [0.1, 0.15) is 5.69 Å².